The van der Waals surface area contributed by atoms with E-state index in [4.69, 9.17) is 9.46 Å². The number of rotatable bonds is 0. The standard InChI is InChI=1S/HO2P.Y/c1-3-2;/h3H;/p+1. The molecule has 0 aliphatic heterocycles. The molecule has 0 aromatic rings. The van der Waals surface area contributed by atoms with E-state index >= 15 is 0 Å². The van der Waals surface area contributed by atoms with Crippen LogP contribution < -0.4 is 0 Å². The van der Waals surface area contributed by atoms with Crippen LogP contribution in [-0.2, 0) is 37.3 Å². The maximum absolute atomic E-state index is 8.51. The van der Waals surface area contributed by atoms with Gasteiger partial charge in [-0.2, -0.15) is 4.89 Å². The molecule has 0 spiro atoms. The normalized spacial score (nSPS) is 5.25. The van der Waals surface area contributed by atoms with Crippen LogP contribution in [0.15, 0.2) is 0 Å². The Morgan fingerprint density at radius 3 is 1.75 bits per heavy atom. The van der Waals surface area contributed by atoms with Crippen LogP contribution in [0.1, 0.15) is 0 Å². The molecule has 1 atom stereocenters. The first-order chi connectivity index (χ1) is 1.41. The van der Waals surface area contributed by atoms with Crippen molar-refractivity contribution in [2.75, 3.05) is 0 Å². The second-order valence-electron chi connectivity index (χ2n) is 0.0913. The maximum Gasteiger partial charge on any atom is 0.491 e. The van der Waals surface area contributed by atoms with Crippen molar-refractivity contribution in [2.45, 2.75) is 0 Å². The van der Waals surface area contributed by atoms with E-state index in [9.17, 15) is 0 Å². The SMILES string of the molecule is O=[PH+]O.[Y]. The summed E-state index contributed by atoms with van der Waals surface area (Å²) in [5.74, 6) is 0. The molecule has 0 saturated carbocycles. The van der Waals surface area contributed by atoms with Gasteiger partial charge in [-0.1, -0.05) is 0 Å². The minimum Gasteiger partial charge on any atom is -0.162 e. The van der Waals surface area contributed by atoms with Gasteiger partial charge in [-0.25, -0.2) is 0 Å². The molecular formula is H2O2PY+. The van der Waals surface area contributed by atoms with Crippen LogP contribution in [-0.4, -0.2) is 4.89 Å². The van der Waals surface area contributed by atoms with Gasteiger partial charge in [0.1, 0.15) is 0 Å². The third kappa shape index (κ3) is 10.9. The van der Waals surface area contributed by atoms with Crippen molar-refractivity contribution >= 4 is 8.69 Å². The molecule has 1 unspecified atom stereocenters. The Morgan fingerprint density at radius 1 is 1.75 bits per heavy atom. The van der Waals surface area contributed by atoms with E-state index in [1.54, 1.807) is 0 Å². The predicted octanol–water partition coefficient (Wildman–Crippen LogP) is -0.0848. The summed E-state index contributed by atoms with van der Waals surface area (Å²) in [5.41, 5.74) is 0. The van der Waals surface area contributed by atoms with E-state index in [2.05, 4.69) is 0 Å². The smallest absolute Gasteiger partial charge is 0.162 e. The van der Waals surface area contributed by atoms with E-state index in [0.717, 1.165) is 0 Å². The monoisotopic (exact) mass is 154 g/mol. The zero-order valence-corrected chi connectivity index (χ0v) is 5.77. The molecule has 0 saturated heterocycles. The Kier molecular flexibility index (Phi) is 19.9. The van der Waals surface area contributed by atoms with E-state index in [1.807, 2.05) is 0 Å². The fourth-order valence-corrected chi connectivity index (χ4v) is 0. The molecule has 1 radical (unpaired) electrons. The van der Waals surface area contributed by atoms with Gasteiger partial charge in [0, 0.05) is 32.7 Å². The van der Waals surface area contributed by atoms with E-state index in [1.165, 1.54) is 0 Å². The summed E-state index contributed by atoms with van der Waals surface area (Å²) >= 11 is 0. The summed E-state index contributed by atoms with van der Waals surface area (Å²) in [6.45, 7) is 0. The largest absolute Gasteiger partial charge is 0.491 e. The van der Waals surface area contributed by atoms with Gasteiger partial charge < -0.3 is 0 Å². The van der Waals surface area contributed by atoms with Gasteiger partial charge in [-0.15, -0.1) is 0 Å². The molecular weight excluding hydrogens is 152 g/mol. The van der Waals surface area contributed by atoms with Crippen LogP contribution in [0.5, 0.6) is 0 Å². The predicted molar refractivity (Wildman–Crippen MR) is 11.2 cm³/mol. The zero-order valence-electron chi connectivity index (χ0n) is 1.93. The minimum absolute atomic E-state index is 0. The molecule has 0 aromatic carbocycles. The Hall–Kier alpha value is 1.16. The molecule has 2 nitrogen and oxygen atoms in total. The van der Waals surface area contributed by atoms with Crippen molar-refractivity contribution in [3.05, 3.63) is 0 Å². The molecule has 4 heteroatoms. The molecule has 0 rings (SSSR count). The van der Waals surface area contributed by atoms with Crippen molar-refractivity contribution in [1.29, 1.82) is 0 Å². The minimum atomic E-state index is -1.17. The van der Waals surface area contributed by atoms with Crippen molar-refractivity contribution in [2.24, 2.45) is 0 Å². The topological polar surface area (TPSA) is 37.3 Å². The molecule has 0 bridgehead atoms. The van der Waals surface area contributed by atoms with Crippen molar-refractivity contribution in [3.63, 3.8) is 0 Å². The van der Waals surface area contributed by atoms with Crippen LogP contribution in [0.3, 0.4) is 0 Å². The summed E-state index contributed by atoms with van der Waals surface area (Å²) in [4.78, 5) is 7.04. The zero-order chi connectivity index (χ0) is 2.71. The quantitative estimate of drug-likeness (QED) is 0.495. The molecule has 4 heavy (non-hydrogen) atoms. The molecule has 0 fully saturated rings. The van der Waals surface area contributed by atoms with Crippen LogP contribution in [0, 0.1) is 0 Å². The van der Waals surface area contributed by atoms with Gasteiger partial charge in [0.05, 0.1) is 0 Å². The molecule has 0 heterocycles. The second-order valence-corrected chi connectivity index (χ2v) is 0.274. The first-order valence-corrected chi connectivity index (χ1v) is 1.28. The average molecular weight is 154 g/mol. The maximum atomic E-state index is 8.51. The summed E-state index contributed by atoms with van der Waals surface area (Å²) in [5, 5.41) is 0. The summed E-state index contributed by atoms with van der Waals surface area (Å²) < 4.78 is 8.51. The van der Waals surface area contributed by atoms with E-state index < -0.39 is 8.69 Å². The van der Waals surface area contributed by atoms with Crippen LogP contribution in [0.4, 0.5) is 0 Å². The van der Waals surface area contributed by atoms with Crippen molar-refractivity contribution in [3.8, 4) is 0 Å². The fourth-order valence-electron chi connectivity index (χ4n) is 0. The molecule has 0 aliphatic carbocycles. The van der Waals surface area contributed by atoms with Crippen molar-refractivity contribution in [1.82, 2.24) is 0 Å². The molecule has 0 amide bonds. The van der Waals surface area contributed by atoms with Gasteiger partial charge >= 0.3 is 8.69 Å². The first-order valence-electron chi connectivity index (χ1n) is 0.428. The average Bonchev–Trinajstić information content (AvgIpc) is 0.918. The van der Waals surface area contributed by atoms with Gasteiger partial charge in [-0.3, -0.25) is 0 Å². The summed E-state index contributed by atoms with van der Waals surface area (Å²) in [6, 6.07) is 0. The van der Waals surface area contributed by atoms with Gasteiger partial charge in [0.15, 0.2) is 0 Å². The van der Waals surface area contributed by atoms with Gasteiger partial charge in [0.2, 0.25) is 0 Å². The van der Waals surface area contributed by atoms with Gasteiger partial charge in [0.25, 0.3) is 0 Å². The Bertz CT molecular complexity index is 13.5. The summed E-state index contributed by atoms with van der Waals surface area (Å²) in [6.07, 6.45) is 0. The van der Waals surface area contributed by atoms with Crippen LogP contribution in [0.2, 0.25) is 0 Å². The Morgan fingerprint density at radius 2 is 1.75 bits per heavy atom. The van der Waals surface area contributed by atoms with Crippen LogP contribution >= 0.6 is 8.69 Å². The molecule has 0 aromatic heterocycles. The molecule has 1 N–H and O–H groups in total. The summed E-state index contributed by atoms with van der Waals surface area (Å²) in [7, 11) is -1.17. The van der Waals surface area contributed by atoms with Crippen LogP contribution in [0.25, 0.3) is 0 Å². The molecule has 21 valence electrons. The number of hydrogen-bond acceptors (Lipinski definition) is 1. The first kappa shape index (κ1) is 8.94. The third-order valence-electron chi connectivity index (χ3n) is 0. The number of hydrogen-bond donors (Lipinski definition) is 1. The fraction of sp³-hybridized carbons (Fsp3) is 0. The Balaban J connectivity index is 0. The Labute approximate surface area is 50.8 Å². The third-order valence-corrected chi connectivity index (χ3v) is 0. The molecule has 0 aliphatic rings. The van der Waals surface area contributed by atoms with E-state index in [-0.39, 0.29) is 32.7 Å². The second kappa shape index (κ2) is 8.90. The van der Waals surface area contributed by atoms with Crippen molar-refractivity contribution < 1.29 is 42.2 Å². The van der Waals surface area contributed by atoms with E-state index in [0.29, 0.717) is 0 Å². The van der Waals surface area contributed by atoms with Gasteiger partial charge in [-0.05, 0) is 4.57 Å².